The number of rotatable bonds is 15. The summed E-state index contributed by atoms with van der Waals surface area (Å²) in [5, 5.41) is 5.62. The number of amides is 4. The van der Waals surface area contributed by atoms with Crippen molar-refractivity contribution >= 4 is 29.3 Å². The molecule has 1 aliphatic rings. The van der Waals surface area contributed by atoms with Crippen molar-refractivity contribution in [3.8, 4) is 11.5 Å². The zero-order valence-corrected chi connectivity index (χ0v) is 22.7. The Hall–Kier alpha value is -4.76. The lowest BCUT2D eigenvalue weighted by Crippen LogP contribution is -2.46. The van der Waals surface area contributed by atoms with Crippen molar-refractivity contribution in [2.24, 2.45) is 0 Å². The number of anilines is 1. The third kappa shape index (κ3) is 9.44. The van der Waals surface area contributed by atoms with Crippen LogP contribution >= 0.6 is 0 Å². The molecule has 0 saturated heterocycles. The van der Waals surface area contributed by atoms with Crippen LogP contribution in [-0.4, -0.2) is 47.7 Å². The van der Waals surface area contributed by atoms with Crippen LogP contribution in [0.1, 0.15) is 31.2 Å². The molecule has 3 aromatic rings. The number of nitrogens with one attached hydrogen (secondary N) is 2. The van der Waals surface area contributed by atoms with Gasteiger partial charge in [-0.2, -0.15) is 0 Å². The number of carbonyl (C=O) groups is 4. The molecule has 1 atom stereocenters. The van der Waals surface area contributed by atoms with Crippen LogP contribution in [0, 0.1) is 0 Å². The predicted molar refractivity (Wildman–Crippen MR) is 154 cm³/mol. The van der Waals surface area contributed by atoms with Crippen molar-refractivity contribution < 1.29 is 28.7 Å². The van der Waals surface area contributed by atoms with Gasteiger partial charge in [0.1, 0.15) is 17.5 Å². The summed E-state index contributed by atoms with van der Waals surface area (Å²) in [5.74, 6) is 0.0281. The second-order valence-corrected chi connectivity index (χ2v) is 9.52. The Kier molecular flexibility index (Phi) is 10.8. The summed E-state index contributed by atoms with van der Waals surface area (Å²) in [5.41, 5.74) is 1.51. The quantitative estimate of drug-likeness (QED) is 0.209. The van der Waals surface area contributed by atoms with Gasteiger partial charge in [-0.1, -0.05) is 55.0 Å². The lowest BCUT2D eigenvalue weighted by atomic mass is 10.1. The molecular weight excluding hydrogens is 522 g/mol. The summed E-state index contributed by atoms with van der Waals surface area (Å²) in [7, 11) is 0. The number of imide groups is 1. The van der Waals surface area contributed by atoms with Gasteiger partial charge in [-0.25, -0.2) is 0 Å². The molecule has 0 spiro atoms. The van der Waals surface area contributed by atoms with Crippen molar-refractivity contribution in [3.05, 3.63) is 103 Å². The topological polar surface area (TPSA) is 114 Å². The Balaban J connectivity index is 1.27. The van der Waals surface area contributed by atoms with Gasteiger partial charge in [-0.05, 0) is 54.8 Å². The molecule has 2 N–H and O–H groups in total. The van der Waals surface area contributed by atoms with E-state index in [9.17, 15) is 19.2 Å². The monoisotopic (exact) mass is 555 g/mol. The third-order valence-corrected chi connectivity index (χ3v) is 6.33. The van der Waals surface area contributed by atoms with E-state index >= 15 is 0 Å². The van der Waals surface area contributed by atoms with Crippen molar-refractivity contribution in [1.82, 2.24) is 10.2 Å². The minimum absolute atomic E-state index is 0.00610. The van der Waals surface area contributed by atoms with E-state index in [0.29, 0.717) is 49.6 Å². The van der Waals surface area contributed by atoms with Crippen LogP contribution in [0.4, 0.5) is 5.69 Å². The number of hydrogen-bond donors (Lipinski definition) is 2. The Morgan fingerprint density at radius 2 is 1.39 bits per heavy atom. The summed E-state index contributed by atoms with van der Waals surface area (Å²) in [6.45, 7) is 0.614. The molecule has 0 fully saturated rings. The molecular formula is C32H33N3O6. The minimum atomic E-state index is -0.905. The summed E-state index contributed by atoms with van der Waals surface area (Å²) in [6.07, 6.45) is 4.52. The molecule has 1 unspecified atom stereocenters. The molecule has 0 bridgehead atoms. The highest BCUT2D eigenvalue weighted by atomic mass is 16.5. The molecule has 9 heteroatoms. The number of carbonyl (C=O) groups excluding carboxylic acids is 4. The maximum absolute atomic E-state index is 13.1. The molecule has 0 saturated carbocycles. The molecule has 3 aromatic carbocycles. The van der Waals surface area contributed by atoms with Crippen LogP contribution in [0.5, 0.6) is 11.5 Å². The van der Waals surface area contributed by atoms with Gasteiger partial charge >= 0.3 is 0 Å². The average molecular weight is 556 g/mol. The standard InChI is InChI=1S/C32H33N3O6/c36-29(14-8-3-9-21-35-30(37)19-20-31(35)38)34-28(23-40-22-24-10-4-1-5-11-24)32(39)33-25-15-17-27(18-16-25)41-26-12-6-2-7-13-26/h1-2,4-7,10-13,15-20,28H,3,8-9,14,21-23H2,(H,33,39)(H,34,36). The normalized spacial score (nSPS) is 13.2. The predicted octanol–water partition coefficient (Wildman–Crippen LogP) is 4.60. The van der Waals surface area contributed by atoms with Crippen molar-refractivity contribution in [3.63, 3.8) is 0 Å². The van der Waals surface area contributed by atoms with Crippen molar-refractivity contribution in [1.29, 1.82) is 0 Å². The van der Waals surface area contributed by atoms with Crippen molar-refractivity contribution in [2.75, 3.05) is 18.5 Å². The number of ether oxygens (including phenoxy) is 2. The first-order chi connectivity index (χ1) is 20.0. The molecule has 212 valence electrons. The fourth-order valence-electron chi connectivity index (χ4n) is 4.16. The molecule has 1 aliphatic heterocycles. The van der Waals surface area contributed by atoms with E-state index in [1.165, 1.54) is 17.1 Å². The van der Waals surface area contributed by atoms with Gasteiger partial charge in [0.2, 0.25) is 11.8 Å². The van der Waals surface area contributed by atoms with Crippen LogP contribution in [-0.2, 0) is 30.5 Å². The second-order valence-electron chi connectivity index (χ2n) is 9.52. The Labute approximate surface area is 239 Å². The fourth-order valence-corrected chi connectivity index (χ4v) is 4.16. The fraction of sp³-hybridized carbons (Fsp3) is 0.250. The molecule has 0 aliphatic carbocycles. The molecule has 4 rings (SSSR count). The Bertz CT molecular complexity index is 1320. The highest BCUT2D eigenvalue weighted by molar-refractivity contribution is 6.12. The van der Waals surface area contributed by atoms with Crippen LogP contribution in [0.15, 0.2) is 97.1 Å². The smallest absolute Gasteiger partial charge is 0.253 e. The minimum Gasteiger partial charge on any atom is -0.457 e. The maximum atomic E-state index is 13.1. The maximum Gasteiger partial charge on any atom is 0.253 e. The zero-order chi connectivity index (χ0) is 28.9. The van der Waals surface area contributed by atoms with E-state index < -0.39 is 11.9 Å². The van der Waals surface area contributed by atoms with E-state index in [4.69, 9.17) is 9.47 Å². The number of nitrogens with zero attached hydrogens (tertiary/aromatic N) is 1. The molecule has 0 radical (unpaired) electrons. The van der Waals surface area contributed by atoms with Gasteiger partial charge in [0, 0.05) is 30.8 Å². The van der Waals surface area contributed by atoms with Gasteiger partial charge in [-0.15, -0.1) is 0 Å². The van der Waals surface area contributed by atoms with Gasteiger partial charge in [0.05, 0.1) is 13.2 Å². The number of unbranched alkanes of at least 4 members (excludes halogenated alkanes) is 2. The summed E-state index contributed by atoms with van der Waals surface area (Å²) in [4.78, 5) is 50.3. The van der Waals surface area contributed by atoms with Crippen LogP contribution in [0.3, 0.4) is 0 Å². The van der Waals surface area contributed by atoms with Gasteiger partial charge in [-0.3, -0.25) is 24.1 Å². The van der Waals surface area contributed by atoms with Crippen molar-refractivity contribution in [2.45, 2.75) is 38.3 Å². The summed E-state index contributed by atoms with van der Waals surface area (Å²) < 4.78 is 11.6. The second kappa shape index (κ2) is 15.1. The highest BCUT2D eigenvalue weighted by Crippen LogP contribution is 2.22. The van der Waals surface area contributed by atoms with Gasteiger partial charge in [0.25, 0.3) is 11.8 Å². The first-order valence-electron chi connectivity index (χ1n) is 13.6. The first-order valence-corrected chi connectivity index (χ1v) is 13.6. The third-order valence-electron chi connectivity index (χ3n) is 6.33. The van der Waals surface area contributed by atoms with Gasteiger partial charge in [0.15, 0.2) is 0 Å². The van der Waals surface area contributed by atoms with Crippen LogP contribution < -0.4 is 15.4 Å². The SMILES string of the molecule is O=C(CCCCCN1C(=O)C=CC1=O)NC(COCc1ccccc1)C(=O)Nc1ccc(Oc2ccccc2)cc1. The lowest BCUT2D eigenvalue weighted by Gasteiger charge is -2.19. The van der Waals surface area contributed by atoms with E-state index in [0.717, 1.165) is 5.56 Å². The molecule has 1 heterocycles. The largest absolute Gasteiger partial charge is 0.457 e. The van der Waals surface area contributed by atoms with Gasteiger partial charge < -0.3 is 20.1 Å². The molecule has 0 aromatic heterocycles. The molecule has 41 heavy (non-hydrogen) atoms. The van der Waals surface area contributed by atoms with E-state index in [1.807, 2.05) is 60.7 Å². The Morgan fingerprint density at radius 1 is 0.756 bits per heavy atom. The molecule has 9 nitrogen and oxygen atoms in total. The van der Waals surface area contributed by atoms with E-state index in [-0.39, 0.29) is 30.7 Å². The van der Waals surface area contributed by atoms with E-state index in [1.54, 1.807) is 24.3 Å². The number of benzene rings is 3. The van der Waals surface area contributed by atoms with E-state index in [2.05, 4.69) is 10.6 Å². The number of hydrogen-bond acceptors (Lipinski definition) is 6. The summed E-state index contributed by atoms with van der Waals surface area (Å²) >= 11 is 0. The zero-order valence-electron chi connectivity index (χ0n) is 22.7. The lowest BCUT2D eigenvalue weighted by molar-refractivity contribution is -0.137. The average Bonchev–Trinajstić information content (AvgIpc) is 3.31. The molecule has 4 amide bonds. The highest BCUT2D eigenvalue weighted by Gasteiger charge is 2.23. The summed E-state index contributed by atoms with van der Waals surface area (Å²) in [6, 6.07) is 25.0. The van der Waals surface area contributed by atoms with Crippen LogP contribution in [0.2, 0.25) is 0 Å². The Morgan fingerprint density at radius 3 is 2.07 bits per heavy atom. The first kappa shape index (κ1) is 29.2. The number of para-hydroxylation sites is 1. The van der Waals surface area contributed by atoms with Crippen LogP contribution in [0.25, 0.3) is 0 Å².